The summed E-state index contributed by atoms with van der Waals surface area (Å²) in [6.45, 7) is 5.53. The second-order valence-corrected chi connectivity index (χ2v) is 12.8. The number of nitrogens with one attached hydrogen (secondary N) is 1. The maximum Gasteiger partial charge on any atom is 0.264 e. The number of anilines is 1. The van der Waals surface area contributed by atoms with Crippen molar-refractivity contribution in [3.63, 3.8) is 0 Å². The minimum Gasteiger partial charge on any atom is -0.354 e. The molecule has 1 atom stereocenters. The standard InChI is InChI=1S/C30H34Cl3N3O4S/c1-4-6-15-34-30(38)28(5-2)35(19-22-9-7-8-10-27(22)33)29(37)20-36(25-17-23(31)16-24(32)18-25)41(39,40)26-13-11-21(3)12-14-26/h7-14,16-18,28H,4-6,15,19-20H2,1-3H3,(H,34,38)/t28-/m1/s1. The van der Waals surface area contributed by atoms with Crippen LogP contribution >= 0.6 is 34.8 Å². The van der Waals surface area contributed by atoms with Crippen molar-refractivity contribution < 1.29 is 18.0 Å². The number of amides is 2. The maximum atomic E-state index is 14.1. The Labute approximate surface area is 257 Å². The number of carbonyl (C=O) groups is 2. The third-order valence-electron chi connectivity index (χ3n) is 6.54. The van der Waals surface area contributed by atoms with Crippen LogP contribution < -0.4 is 9.62 Å². The number of hydrogen-bond acceptors (Lipinski definition) is 4. The number of benzene rings is 3. The van der Waals surface area contributed by atoms with Gasteiger partial charge in [-0.15, -0.1) is 0 Å². The molecule has 11 heteroatoms. The van der Waals surface area contributed by atoms with Crippen LogP contribution in [0.15, 0.2) is 71.6 Å². The van der Waals surface area contributed by atoms with Crippen LogP contribution in [0.5, 0.6) is 0 Å². The van der Waals surface area contributed by atoms with Gasteiger partial charge in [-0.2, -0.15) is 0 Å². The van der Waals surface area contributed by atoms with Crippen LogP contribution in [0.3, 0.4) is 0 Å². The lowest BCUT2D eigenvalue weighted by Gasteiger charge is -2.33. The van der Waals surface area contributed by atoms with Crippen molar-refractivity contribution in [1.29, 1.82) is 0 Å². The number of carbonyl (C=O) groups excluding carboxylic acids is 2. The van der Waals surface area contributed by atoms with Crippen molar-refractivity contribution in [2.24, 2.45) is 0 Å². The van der Waals surface area contributed by atoms with Crippen LogP contribution in [0.4, 0.5) is 5.69 Å². The Bertz CT molecular complexity index is 1450. The quantitative estimate of drug-likeness (QED) is 0.207. The smallest absolute Gasteiger partial charge is 0.264 e. The number of halogens is 3. The van der Waals surface area contributed by atoms with Gasteiger partial charge < -0.3 is 10.2 Å². The second kappa shape index (κ2) is 14.9. The fourth-order valence-electron chi connectivity index (χ4n) is 4.29. The Kier molecular flexibility index (Phi) is 11.9. The van der Waals surface area contributed by atoms with Crippen molar-refractivity contribution in [2.45, 2.75) is 57.5 Å². The van der Waals surface area contributed by atoms with Gasteiger partial charge in [0.1, 0.15) is 12.6 Å². The van der Waals surface area contributed by atoms with E-state index in [1.807, 2.05) is 13.8 Å². The molecule has 0 aliphatic rings. The first-order valence-corrected chi connectivity index (χ1v) is 15.9. The molecule has 2 amide bonds. The monoisotopic (exact) mass is 637 g/mol. The third kappa shape index (κ3) is 8.61. The first-order valence-electron chi connectivity index (χ1n) is 13.3. The van der Waals surface area contributed by atoms with E-state index in [1.165, 1.54) is 35.2 Å². The van der Waals surface area contributed by atoms with Crippen molar-refractivity contribution in [2.75, 3.05) is 17.4 Å². The topological polar surface area (TPSA) is 86.8 Å². The molecule has 0 bridgehead atoms. The molecule has 0 spiro atoms. The summed E-state index contributed by atoms with van der Waals surface area (Å²) in [5.41, 5.74) is 1.62. The highest BCUT2D eigenvalue weighted by molar-refractivity contribution is 7.92. The summed E-state index contributed by atoms with van der Waals surface area (Å²) in [5.74, 6) is -0.908. The van der Waals surface area contributed by atoms with Crippen LogP contribution in [0.2, 0.25) is 15.1 Å². The molecule has 7 nitrogen and oxygen atoms in total. The molecule has 1 N–H and O–H groups in total. The van der Waals surface area contributed by atoms with Gasteiger partial charge in [0.2, 0.25) is 11.8 Å². The largest absolute Gasteiger partial charge is 0.354 e. The minimum absolute atomic E-state index is 0.00555. The van der Waals surface area contributed by atoms with Gasteiger partial charge in [0.15, 0.2) is 0 Å². The average molecular weight is 639 g/mol. The molecule has 3 aromatic carbocycles. The Morgan fingerprint density at radius 1 is 0.927 bits per heavy atom. The molecule has 0 aliphatic carbocycles. The van der Waals surface area contributed by atoms with Crippen molar-refractivity contribution >= 4 is 62.3 Å². The zero-order chi connectivity index (χ0) is 30.2. The summed E-state index contributed by atoms with van der Waals surface area (Å²) in [6.07, 6.45) is 1.99. The molecule has 0 unspecified atom stereocenters. The predicted molar refractivity (Wildman–Crippen MR) is 166 cm³/mol. The van der Waals surface area contributed by atoms with Crippen LogP contribution in [-0.4, -0.2) is 44.3 Å². The van der Waals surface area contributed by atoms with E-state index >= 15 is 0 Å². The lowest BCUT2D eigenvalue weighted by molar-refractivity contribution is -0.140. The summed E-state index contributed by atoms with van der Waals surface area (Å²) in [5, 5.41) is 3.74. The van der Waals surface area contributed by atoms with Gasteiger partial charge in [-0.1, -0.05) is 91.0 Å². The molecule has 41 heavy (non-hydrogen) atoms. The highest BCUT2D eigenvalue weighted by Gasteiger charge is 2.34. The van der Waals surface area contributed by atoms with E-state index in [4.69, 9.17) is 34.8 Å². The zero-order valence-corrected chi connectivity index (χ0v) is 26.3. The predicted octanol–water partition coefficient (Wildman–Crippen LogP) is 6.87. The summed E-state index contributed by atoms with van der Waals surface area (Å²) in [4.78, 5) is 28.7. The molecule has 3 aromatic rings. The van der Waals surface area contributed by atoms with E-state index in [0.717, 1.165) is 22.7 Å². The van der Waals surface area contributed by atoms with Crippen molar-refractivity contribution in [1.82, 2.24) is 10.2 Å². The molecule has 0 fully saturated rings. The van der Waals surface area contributed by atoms with Gasteiger partial charge in [0.05, 0.1) is 10.6 Å². The van der Waals surface area contributed by atoms with Gasteiger partial charge in [-0.3, -0.25) is 13.9 Å². The lowest BCUT2D eigenvalue weighted by Crippen LogP contribution is -2.52. The molecule has 3 rings (SSSR count). The Morgan fingerprint density at radius 3 is 2.15 bits per heavy atom. The highest BCUT2D eigenvalue weighted by atomic mass is 35.5. The molecule has 0 aliphatic heterocycles. The molecular weight excluding hydrogens is 605 g/mol. The van der Waals surface area contributed by atoms with Gasteiger partial charge in [0.25, 0.3) is 10.0 Å². The average Bonchev–Trinajstić information content (AvgIpc) is 2.92. The van der Waals surface area contributed by atoms with E-state index in [0.29, 0.717) is 23.6 Å². The molecule has 0 saturated carbocycles. The summed E-state index contributed by atoms with van der Waals surface area (Å²) >= 11 is 18.9. The molecule has 0 saturated heterocycles. The second-order valence-electron chi connectivity index (χ2n) is 9.63. The first kappa shape index (κ1) is 32.7. The Balaban J connectivity index is 2.08. The fraction of sp³-hybridized carbons (Fsp3) is 0.333. The van der Waals surface area contributed by atoms with E-state index in [1.54, 1.807) is 43.3 Å². The number of sulfonamides is 1. The van der Waals surface area contributed by atoms with Gasteiger partial charge in [-0.05, 0) is 61.7 Å². The van der Waals surface area contributed by atoms with Crippen molar-refractivity contribution in [3.05, 3.63) is 92.9 Å². The van der Waals surface area contributed by atoms with Crippen LogP contribution in [-0.2, 0) is 26.2 Å². The number of nitrogens with zero attached hydrogens (tertiary/aromatic N) is 2. The van der Waals surface area contributed by atoms with Crippen LogP contribution in [0.25, 0.3) is 0 Å². The maximum absolute atomic E-state index is 14.1. The molecule has 0 radical (unpaired) electrons. The lowest BCUT2D eigenvalue weighted by atomic mass is 10.1. The molecule has 0 aromatic heterocycles. The Hall–Kier alpha value is -2.78. The normalized spacial score (nSPS) is 12.0. The van der Waals surface area contributed by atoms with Crippen LogP contribution in [0, 0.1) is 6.92 Å². The van der Waals surface area contributed by atoms with Crippen LogP contribution in [0.1, 0.15) is 44.2 Å². The number of hydrogen-bond donors (Lipinski definition) is 1. The SMILES string of the molecule is CCCCNC(=O)[C@@H](CC)N(Cc1ccccc1Cl)C(=O)CN(c1cc(Cl)cc(Cl)c1)S(=O)(=O)c1ccc(C)cc1. The first-order chi connectivity index (χ1) is 19.5. The third-order valence-corrected chi connectivity index (χ3v) is 9.13. The van der Waals surface area contributed by atoms with Crippen molar-refractivity contribution in [3.8, 4) is 0 Å². The molecule has 0 heterocycles. The molecular formula is C30H34Cl3N3O4S. The fourth-order valence-corrected chi connectivity index (χ4v) is 6.39. The summed E-state index contributed by atoms with van der Waals surface area (Å²) in [6, 6.07) is 16.8. The highest BCUT2D eigenvalue weighted by Crippen LogP contribution is 2.30. The van der Waals surface area contributed by atoms with E-state index in [9.17, 15) is 18.0 Å². The van der Waals surface area contributed by atoms with Gasteiger partial charge in [-0.25, -0.2) is 8.42 Å². The number of rotatable bonds is 13. The zero-order valence-electron chi connectivity index (χ0n) is 23.2. The number of unbranched alkanes of at least 4 members (excludes halogenated alkanes) is 1. The number of aryl methyl sites for hydroxylation is 1. The summed E-state index contributed by atoms with van der Waals surface area (Å²) in [7, 11) is -4.24. The van der Waals surface area contributed by atoms with E-state index in [2.05, 4.69) is 5.32 Å². The minimum atomic E-state index is -4.24. The molecule has 220 valence electrons. The van der Waals surface area contributed by atoms with E-state index in [-0.39, 0.29) is 33.1 Å². The van der Waals surface area contributed by atoms with E-state index < -0.39 is 28.5 Å². The Morgan fingerprint density at radius 2 is 1.56 bits per heavy atom. The summed E-state index contributed by atoms with van der Waals surface area (Å²) < 4.78 is 28.9. The van der Waals surface area contributed by atoms with Gasteiger partial charge >= 0.3 is 0 Å². The van der Waals surface area contributed by atoms with Gasteiger partial charge in [0, 0.05) is 28.2 Å².